The first-order chi connectivity index (χ1) is 13.1. The lowest BCUT2D eigenvalue weighted by atomic mass is 10.0. The molecule has 1 fully saturated rings. The third-order valence-corrected chi connectivity index (χ3v) is 5.04. The van der Waals surface area contributed by atoms with Crippen molar-refractivity contribution < 1.29 is 19.4 Å². The fourth-order valence-electron chi connectivity index (χ4n) is 3.41. The summed E-state index contributed by atoms with van der Waals surface area (Å²) >= 11 is 0. The summed E-state index contributed by atoms with van der Waals surface area (Å²) in [5.41, 5.74) is 2.25. The van der Waals surface area contributed by atoms with Crippen molar-refractivity contribution in [3.63, 3.8) is 0 Å². The Hall–Kier alpha value is -2.82. The second-order valence-corrected chi connectivity index (χ2v) is 7.00. The topological polar surface area (TPSA) is 75.6 Å². The maximum absolute atomic E-state index is 12.2. The van der Waals surface area contributed by atoms with Gasteiger partial charge in [-0.15, -0.1) is 0 Å². The van der Waals surface area contributed by atoms with E-state index in [-0.39, 0.29) is 17.7 Å². The van der Waals surface area contributed by atoms with Gasteiger partial charge in [0.2, 0.25) is 5.91 Å². The van der Waals surface area contributed by atoms with Crippen molar-refractivity contribution in [2.24, 2.45) is 11.8 Å². The predicted molar refractivity (Wildman–Crippen MR) is 102 cm³/mol. The lowest BCUT2D eigenvalue weighted by Crippen LogP contribution is -2.31. The molecule has 27 heavy (non-hydrogen) atoms. The van der Waals surface area contributed by atoms with E-state index in [1.807, 2.05) is 54.6 Å². The van der Waals surface area contributed by atoms with Crippen molar-refractivity contribution in [2.75, 3.05) is 6.54 Å². The zero-order valence-corrected chi connectivity index (χ0v) is 15.3. The van der Waals surface area contributed by atoms with Gasteiger partial charge in [-0.1, -0.05) is 42.5 Å². The van der Waals surface area contributed by atoms with Gasteiger partial charge in [0.1, 0.15) is 12.4 Å². The normalized spacial score (nSPS) is 18.8. The summed E-state index contributed by atoms with van der Waals surface area (Å²) in [6.45, 7) is 1.09. The highest BCUT2D eigenvalue weighted by Crippen LogP contribution is 2.31. The zero-order chi connectivity index (χ0) is 19.1. The highest BCUT2D eigenvalue weighted by atomic mass is 16.5. The fraction of sp³-hybridized carbons (Fsp3) is 0.364. The van der Waals surface area contributed by atoms with Gasteiger partial charge in [0.15, 0.2) is 0 Å². The molecule has 0 aliphatic heterocycles. The van der Waals surface area contributed by atoms with Gasteiger partial charge in [-0.3, -0.25) is 9.59 Å². The number of carbonyl (C=O) groups excluding carboxylic acids is 1. The van der Waals surface area contributed by atoms with E-state index in [0.29, 0.717) is 32.4 Å². The Morgan fingerprint density at radius 2 is 1.67 bits per heavy atom. The standard InChI is InChI=1S/C22H25NO4/c24-21(18-8-9-19(14-18)22(25)26)23-13-12-16-6-10-20(11-7-16)27-15-17-4-2-1-3-5-17/h1-7,10-11,18-19H,8-9,12-15H2,(H,23,24)(H,25,26)/t18-,19+/m0/s1. The van der Waals surface area contributed by atoms with Crippen LogP contribution in [0.5, 0.6) is 5.75 Å². The lowest BCUT2D eigenvalue weighted by Gasteiger charge is -2.11. The quantitative estimate of drug-likeness (QED) is 0.750. The molecule has 1 aliphatic carbocycles. The first-order valence-electron chi connectivity index (χ1n) is 9.38. The molecule has 142 valence electrons. The molecule has 5 heteroatoms. The summed E-state index contributed by atoms with van der Waals surface area (Å²) in [5.74, 6) is -0.539. The van der Waals surface area contributed by atoms with E-state index in [2.05, 4.69) is 5.32 Å². The summed E-state index contributed by atoms with van der Waals surface area (Å²) in [7, 11) is 0. The number of carboxylic acids is 1. The summed E-state index contributed by atoms with van der Waals surface area (Å²) in [6, 6.07) is 17.9. The predicted octanol–water partition coefficient (Wildman–Crippen LogP) is 3.43. The maximum atomic E-state index is 12.2. The molecule has 0 bridgehead atoms. The Morgan fingerprint density at radius 3 is 2.33 bits per heavy atom. The molecule has 0 aromatic heterocycles. The number of carboxylic acid groups (broad SMARTS) is 1. The molecule has 2 N–H and O–H groups in total. The average Bonchev–Trinajstić information content (AvgIpc) is 3.19. The lowest BCUT2D eigenvalue weighted by molar-refractivity contribution is -0.141. The van der Waals surface area contributed by atoms with E-state index in [0.717, 1.165) is 23.3 Å². The van der Waals surface area contributed by atoms with Gasteiger partial charge in [-0.05, 0) is 48.9 Å². The molecule has 0 saturated heterocycles. The summed E-state index contributed by atoms with van der Waals surface area (Å²) in [6.07, 6.45) is 2.45. The highest BCUT2D eigenvalue weighted by Gasteiger charge is 2.33. The Bertz CT molecular complexity index is 758. The SMILES string of the molecule is O=C(O)[C@@H]1CC[C@H](C(=O)NCCc2ccc(OCc3ccccc3)cc2)C1. The number of benzene rings is 2. The minimum atomic E-state index is -0.792. The number of carbonyl (C=O) groups is 2. The van der Waals surface area contributed by atoms with Gasteiger partial charge >= 0.3 is 5.97 Å². The van der Waals surface area contributed by atoms with Crippen LogP contribution in [0.25, 0.3) is 0 Å². The second kappa shape index (κ2) is 9.21. The van der Waals surface area contributed by atoms with E-state index < -0.39 is 5.97 Å². The number of nitrogens with one attached hydrogen (secondary N) is 1. The van der Waals surface area contributed by atoms with E-state index in [1.165, 1.54) is 0 Å². The molecule has 2 aromatic rings. The third kappa shape index (κ3) is 5.58. The molecule has 0 unspecified atom stereocenters. The van der Waals surface area contributed by atoms with E-state index in [1.54, 1.807) is 0 Å². The fourth-order valence-corrected chi connectivity index (χ4v) is 3.41. The largest absolute Gasteiger partial charge is 0.489 e. The van der Waals surface area contributed by atoms with Crippen molar-refractivity contribution in [1.82, 2.24) is 5.32 Å². The van der Waals surface area contributed by atoms with Gasteiger partial charge in [0.25, 0.3) is 0 Å². The molecule has 3 rings (SSSR count). The molecular formula is C22H25NO4. The van der Waals surface area contributed by atoms with E-state index >= 15 is 0 Å². The maximum Gasteiger partial charge on any atom is 0.306 e. The van der Waals surface area contributed by atoms with Crippen molar-refractivity contribution in [3.8, 4) is 5.75 Å². The summed E-state index contributed by atoms with van der Waals surface area (Å²) < 4.78 is 5.77. The van der Waals surface area contributed by atoms with Crippen LogP contribution in [-0.2, 0) is 22.6 Å². The molecule has 1 amide bonds. The molecule has 0 spiro atoms. The van der Waals surface area contributed by atoms with Gasteiger partial charge in [-0.2, -0.15) is 0 Å². The van der Waals surface area contributed by atoms with Gasteiger partial charge in [0, 0.05) is 12.5 Å². The molecule has 0 radical (unpaired) electrons. The minimum Gasteiger partial charge on any atom is -0.489 e. The van der Waals surface area contributed by atoms with E-state index in [9.17, 15) is 9.59 Å². The minimum absolute atomic E-state index is 0.0263. The Labute approximate surface area is 159 Å². The van der Waals surface area contributed by atoms with Crippen LogP contribution in [-0.4, -0.2) is 23.5 Å². The van der Waals surface area contributed by atoms with Crippen molar-refractivity contribution in [2.45, 2.75) is 32.3 Å². The number of ether oxygens (including phenoxy) is 1. The molecule has 2 atom stereocenters. The average molecular weight is 367 g/mol. The Morgan fingerprint density at radius 1 is 0.963 bits per heavy atom. The highest BCUT2D eigenvalue weighted by molar-refractivity contribution is 5.80. The Kier molecular flexibility index (Phi) is 6.47. The van der Waals surface area contributed by atoms with Crippen LogP contribution >= 0.6 is 0 Å². The number of aliphatic carboxylic acids is 1. The summed E-state index contributed by atoms with van der Waals surface area (Å²) in [4.78, 5) is 23.1. The number of hydrogen-bond donors (Lipinski definition) is 2. The van der Waals surface area contributed by atoms with Crippen molar-refractivity contribution >= 4 is 11.9 Å². The zero-order valence-electron chi connectivity index (χ0n) is 15.3. The number of amides is 1. The molecule has 2 aromatic carbocycles. The molecule has 5 nitrogen and oxygen atoms in total. The van der Waals surface area contributed by atoms with E-state index in [4.69, 9.17) is 9.84 Å². The first kappa shape index (κ1) is 19.0. The van der Waals surface area contributed by atoms with Crippen LogP contribution in [0.1, 0.15) is 30.4 Å². The summed E-state index contributed by atoms with van der Waals surface area (Å²) in [5, 5.41) is 12.0. The molecule has 0 heterocycles. The molecule has 1 saturated carbocycles. The van der Waals surface area contributed by atoms with Gasteiger partial charge < -0.3 is 15.2 Å². The molecular weight excluding hydrogens is 342 g/mol. The number of hydrogen-bond acceptors (Lipinski definition) is 3. The Balaban J connectivity index is 1.38. The van der Waals surface area contributed by atoms with Crippen LogP contribution < -0.4 is 10.1 Å². The first-order valence-corrected chi connectivity index (χ1v) is 9.38. The van der Waals surface area contributed by atoms with Gasteiger partial charge in [0.05, 0.1) is 5.92 Å². The van der Waals surface area contributed by atoms with Crippen LogP contribution in [0.15, 0.2) is 54.6 Å². The van der Waals surface area contributed by atoms with Gasteiger partial charge in [-0.25, -0.2) is 0 Å². The third-order valence-electron chi connectivity index (χ3n) is 5.04. The monoisotopic (exact) mass is 367 g/mol. The van der Waals surface area contributed by atoms with Crippen molar-refractivity contribution in [1.29, 1.82) is 0 Å². The second-order valence-electron chi connectivity index (χ2n) is 7.00. The van der Waals surface area contributed by atoms with Crippen LogP contribution in [0, 0.1) is 11.8 Å². The van der Waals surface area contributed by atoms with Crippen molar-refractivity contribution in [3.05, 3.63) is 65.7 Å². The smallest absolute Gasteiger partial charge is 0.306 e. The number of rotatable bonds is 8. The van der Waals surface area contributed by atoms with Crippen LogP contribution in [0.3, 0.4) is 0 Å². The molecule has 1 aliphatic rings. The van der Waals surface area contributed by atoms with Crippen LogP contribution in [0.4, 0.5) is 0 Å². The van der Waals surface area contributed by atoms with Crippen LogP contribution in [0.2, 0.25) is 0 Å².